The largest absolute Gasteiger partial charge is 0.393 e. The van der Waals surface area contributed by atoms with Crippen LogP contribution in [0.5, 0.6) is 0 Å². The molecule has 0 aromatic rings. The highest BCUT2D eigenvalue weighted by Crippen LogP contribution is 2.41. The van der Waals surface area contributed by atoms with Crippen LogP contribution in [0, 0.1) is 16.7 Å². The Labute approximate surface area is 251 Å². The molecule has 0 unspecified atom stereocenters. The first kappa shape index (κ1) is 34.0. The molecule has 2 atom stereocenters. The Hall–Kier alpha value is -3.16. The van der Waals surface area contributed by atoms with Gasteiger partial charge in [0.2, 0.25) is 0 Å². The van der Waals surface area contributed by atoms with Crippen LogP contribution < -0.4 is 0 Å². The van der Waals surface area contributed by atoms with Crippen molar-refractivity contribution >= 4 is 0 Å². The number of aliphatic hydroxyl groups excluding tert-OH is 1. The molecule has 0 aromatic carbocycles. The van der Waals surface area contributed by atoms with Gasteiger partial charge in [-0.05, 0) is 75.9 Å². The highest BCUT2D eigenvalue weighted by Gasteiger charge is 2.31. The minimum Gasteiger partial charge on any atom is -0.393 e. The van der Waals surface area contributed by atoms with Crippen LogP contribution in [-0.2, 0) is 0 Å². The Bertz CT molecular complexity index is 1270. The average molecular weight is 551 g/mol. The van der Waals surface area contributed by atoms with Crippen molar-refractivity contribution in [2.75, 3.05) is 0 Å². The fraction of sp³-hybridized carbons (Fsp3) is 0.400. The van der Waals surface area contributed by atoms with Crippen LogP contribution in [0.3, 0.4) is 0 Å². The molecule has 0 amide bonds. The summed E-state index contributed by atoms with van der Waals surface area (Å²) in [6.07, 6.45) is 37.0. The van der Waals surface area contributed by atoms with E-state index >= 15 is 0 Å². The first-order chi connectivity index (χ1) is 19.2. The van der Waals surface area contributed by atoms with Crippen LogP contribution in [0.1, 0.15) is 81.6 Å². The molecule has 0 heterocycles. The van der Waals surface area contributed by atoms with Crippen molar-refractivity contribution in [2.45, 2.75) is 87.7 Å². The summed E-state index contributed by atoms with van der Waals surface area (Å²) in [5, 5.41) is 10.1. The van der Waals surface area contributed by atoms with Crippen molar-refractivity contribution in [2.24, 2.45) is 16.7 Å². The van der Waals surface area contributed by atoms with E-state index < -0.39 is 0 Å². The van der Waals surface area contributed by atoms with E-state index in [0.717, 1.165) is 19.3 Å². The molecule has 0 spiro atoms. The lowest BCUT2D eigenvalue weighted by molar-refractivity contribution is 0.116. The van der Waals surface area contributed by atoms with E-state index in [-0.39, 0.29) is 16.9 Å². The van der Waals surface area contributed by atoms with E-state index in [1.165, 1.54) is 39.0 Å². The second-order valence-corrected chi connectivity index (χ2v) is 13.2. The summed E-state index contributed by atoms with van der Waals surface area (Å²) in [6.45, 7) is 24.0. The molecule has 41 heavy (non-hydrogen) atoms. The van der Waals surface area contributed by atoms with Gasteiger partial charge in [-0.15, -0.1) is 0 Å². The third-order valence-corrected chi connectivity index (χ3v) is 8.02. The van der Waals surface area contributed by atoms with Gasteiger partial charge >= 0.3 is 0 Å². The lowest BCUT2D eigenvalue weighted by atomic mass is 9.69. The van der Waals surface area contributed by atoms with Gasteiger partial charge in [0.05, 0.1) is 6.10 Å². The Morgan fingerprint density at radius 2 is 1.32 bits per heavy atom. The number of hydrogen-bond acceptors (Lipinski definition) is 1. The van der Waals surface area contributed by atoms with Crippen LogP contribution in [0.15, 0.2) is 143 Å². The van der Waals surface area contributed by atoms with Crippen molar-refractivity contribution in [1.29, 1.82) is 0 Å². The third kappa shape index (κ3) is 11.7. The summed E-state index contributed by atoms with van der Waals surface area (Å²) < 4.78 is 0. The second kappa shape index (κ2) is 15.7. The molecule has 1 nitrogen and oxygen atoms in total. The van der Waals surface area contributed by atoms with Gasteiger partial charge < -0.3 is 5.11 Å². The van der Waals surface area contributed by atoms with E-state index in [1.807, 2.05) is 0 Å². The predicted molar refractivity (Wildman–Crippen MR) is 183 cm³/mol. The fourth-order valence-electron chi connectivity index (χ4n) is 5.61. The maximum absolute atomic E-state index is 10.1. The van der Waals surface area contributed by atoms with Crippen LogP contribution in [0.4, 0.5) is 0 Å². The molecule has 1 heteroatoms. The van der Waals surface area contributed by atoms with Crippen LogP contribution in [0.2, 0.25) is 0 Å². The smallest absolute Gasteiger partial charge is 0.0585 e. The molecule has 2 aliphatic rings. The summed E-state index contributed by atoms with van der Waals surface area (Å²) in [6, 6.07) is 0. The van der Waals surface area contributed by atoms with Crippen LogP contribution >= 0.6 is 0 Å². The van der Waals surface area contributed by atoms with E-state index in [4.69, 9.17) is 0 Å². The zero-order valence-corrected chi connectivity index (χ0v) is 27.2. The summed E-state index contributed by atoms with van der Waals surface area (Å²) in [7, 11) is 0. The Morgan fingerprint density at radius 1 is 0.805 bits per heavy atom. The van der Waals surface area contributed by atoms with Gasteiger partial charge in [0, 0.05) is 5.92 Å². The molecule has 0 bridgehead atoms. The van der Waals surface area contributed by atoms with Gasteiger partial charge in [0.15, 0.2) is 0 Å². The zero-order chi connectivity index (χ0) is 30.6. The number of rotatable bonds is 10. The molecule has 0 aliphatic heterocycles. The monoisotopic (exact) mass is 550 g/mol. The lowest BCUT2D eigenvalue weighted by Crippen LogP contribution is -2.28. The standard InChI is InChI=1S/C40H54O/c1-30(18-13-20-32(3)23-25-37-34(5)22-15-27-39(37,7)8)16-11-12-17-31(2)19-14-21-33(4)24-26-38-35(6)28-36(41)29-40(38,9)10/h11-26,36-37,41H,5,27-29H2,1-4,6-10H3/b12-11+,18-13+,19-14+,25-23+,26-24+,30-16+,31-17+,32-20+,33-21-/t36-,37+/m1/s1. The Morgan fingerprint density at radius 3 is 1.85 bits per heavy atom. The molecule has 2 aliphatic carbocycles. The van der Waals surface area contributed by atoms with Crippen molar-refractivity contribution in [3.05, 3.63) is 143 Å². The summed E-state index contributed by atoms with van der Waals surface area (Å²) in [5.41, 5.74) is 8.91. The van der Waals surface area contributed by atoms with Crippen molar-refractivity contribution in [3.8, 4) is 0 Å². The highest BCUT2D eigenvalue weighted by atomic mass is 16.3. The van der Waals surface area contributed by atoms with Gasteiger partial charge in [-0.25, -0.2) is 0 Å². The normalized spacial score (nSPS) is 24.9. The molecule has 1 N–H and O–H groups in total. The molecule has 220 valence electrons. The minimum absolute atomic E-state index is 0.00983. The first-order valence-corrected chi connectivity index (χ1v) is 15.0. The third-order valence-electron chi connectivity index (χ3n) is 8.02. The lowest BCUT2D eigenvalue weighted by Gasteiger charge is -2.35. The first-order valence-electron chi connectivity index (χ1n) is 15.0. The summed E-state index contributed by atoms with van der Waals surface area (Å²) in [4.78, 5) is 0. The molecule has 2 rings (SSSR count). The number of aliphatic hydroxyl groups is 1. The number of allylic oxidation sites excluding steroid dienone is 22. The Balaban J connectivity index is 1.89. The van der Waals surface area contributed by atoms with E-state index in [1.54, 1.807) is 0 Å². The molecular weight excluding hydrogens is 496 g/mol. The van der Waals surface area contributed by atoms with Gasteiger partial charge in [-0.1, -0.05) is 159 Å². The van der Waals surface area contributed by atoms with Gasteiger partial charge in [-0.3, -0.25) is 0 Å². The maximum Gasteiger partial charge on any atom is 0.0585 e. The number of hydrogen-bond donors (Lipinski definition) is 1. The van der Waals surface area contributed by atoms with E-state index in [0.29, 0.717) is 5.92 Å². The van der Waals surface area contributed by atoms with Crippen molar-refractivity contribution in [3.63, 3.8) is 0 Å². The summed E-state index contributed by atoms with van der Waals surface area (Å²) >= 11 is 0. The fourth-order valence-corrected chi connectivity index (χ4v) is 5.61. The maximum atomic E-state index is 10.1. The van der Waals surface area contributed by atoms with Crippen molar-refractivity contribution < 1.29 is 5.11 Å². The highest BCUT2D eigenvalue weighted by molar-refractivity contribution is 5.38. The van der Waals surface area contributed by atoms with Gasteiger partial charge in [0.25, 0.3) is 0 Å². The van der Waals surface area contributed by atoms with Crippen LogP contribution in [0.25, 0.3) is 0 Å². The molecule has 0 saturated carbocycles. The van der Waals surface area contributed by atoms with Gasteiger partial charge in [0.1, 0.15) is 0 Å². The predicted octanol–water partition coefficient (Wildman–Crippen LogP) is 11.2. The van der Waals surface area contributed by atoms with E-state index in [9.17, 15) is 5.11 Å². The van der Waals surface area contributed by atoms with Crippen LogP contribution in [-0.4, -0.2) is 11.2 Å². The van der Waals surface area contributed by atoms with Crippen molar-refractivity contribution in [1.82, 2.24) is 0 Å². The molecule has 0 aromatic heterocycles. The zero-order valence-electron chi connectivity index (χ0n) is 27.2. The Kier molecular flexibility index (Phi) is 13.1. The average Bonchev–Trinajstić information content (AvgIpc) is 2.84. The molecule has 0 saturated heterocycles. The molecule has 0 radical (unpaired) electrons. The molecule has 0 fully saturated rings. The quantitative estimate of drug-likeness (QED) is 0.268. The topological polar surface area (TPSA) is 20.2 Å². The van der Waals surface area contributed by atoms with Gasteiger partial charge in [-0.2, -0.15) is 0 Å². The molecular formula is C40H54O. The summed E-state index contributed by atoms with van der Waals surface area (Å²) in [5.74, 6) is 0.382. The second-order valence-electron chi connectivity index (χ2n) is 13.2. The minimum atomic E-state index is -0.223. The van der Waals surface area contributed by atoms with E-state index in [2.05, 4.69) is 166 Å². The SMILES string of the molecule is C=C1C=CCC(C)(C)[C@H]1/C=C/C(C)=C/C=C/C(C)=C/C=C/C=C(C)/C=C/C=C(C)\C=C\C1=C(C)C[C@@H](O)CC1(C)C.